The highest BCUT2D eigenvalue weighted by atomic mass is 127. The van der Waals surface area contributed by atoms with Crippen LogP contribution in [0.15, 0.2) is 35.3 Å². The van der Waals surface area contributed by atoms with Crippen molar-refractivity contribution in [2.24, 2.45) is 10.9 Å². The van der Waals surface area contributed by atoms with Gasteiger partial charge in [-0.25, -0.2) is 0 Å². The van der Waals surface area contributed by atoms with Crippen LogP contribution in [0.5, 0.6) is 0 Å². The van der Waals surface area contributed by atoms with Crippen LogP contribution in [0.4, 0.5) is 5.69 Å². The minimum atomic E-state index is -0.0786. The molecule has 3 N–H and O–H groups in total. The number of halogens is 1. The number of hydrogen-bond acceptors (Lipinski definition) is 2. The molecule has 2 rings (SSSR count). The molecule has 0 atom stereocenters. The summed E-state index contributed by atoms with van der Waals surface area (Å²) in [7, 11) is 1.72. The van der Waals surface area contributed by atoms with E-state index < -0.39 is 0 Å². The zero-order chi connectivity index (χ0) is 16.3. The Balaban J connectivity index is 0.00000288. The Hall–Kier alpha value is -1.31. The first-order chi connectivity index (χ1) is 11.3. The molecular weight excluding hydrogens is 415 g/mol. The zero-order valence-electron chi connectivity index (χ0n) is 14.4. The van der Waals surface area contributed by atoms with Gasteiger partial charge >= 0.3 is 0 Å². The summed E-state index contributed by atoms with van der Waals surface area (Å²) >= 11 is 0. The maximum atomic E-state index is 11.9. The molecule has 1 fully saturated rings. The molecule has 1 aliphatic carbocycles. The number of nitrogens with zero attached hydrogens (tertiary/aromatic N) is 1. The number of rotatable bonds is 7. The van der Waals surface area contributed by atoms with Crippen LogP contribution in [0, 0.1) is 5.92 Å². The quantitative estimate of drug-likeness (QED) is 0.262. The number of carbonyl (C=O) groups excluding carboxylic acids is 1. The normalized spacial score (nSPS) is 14.8. The van der Waals surface area contributed by atoms with Gasteiger partial charge in [-0.15, -0.1) is 24.0 Å². The van der Waals surface area contributed by atoms with Crippen LogP contribution in [-0.4, -0.2) is 32.0 Å². The van der Waals surface area contributed by atoms with Crippen LogP contribution in [-0.2, 0) is 4.79 Å². The molecule has 0 unspecified atom stereocenters. The van der Waals surface area contributed by atoms with Gasteiger partial charge in [0.1, 0.15) is 0 Å². The number of amides is 1. The third kappa shape index (κ3) is 7.99. The van der Waals surface area contributed by atoms with E-state index in [-0.39, 0.29) is 36.4 Å². The first-order valence-electron chi connectivity index (χ1n) is 8.57. The second-order valence-electron chi connectivity index (χ2n) is 6.06. The average molecular weight is 444 g/mol. The van der Waals surface area contributed by atoms with Crippen molar-refractivity contribution in [1.82, 2.24) is 10.6 Å². The second kappa shape index (κ2) is 12.1. The molecule has 1 saturated carbocycles. The van der Waals surface area contributed by atoms with Gasteiger partial charge in [-0.1, -0.05) is 43.9 Å². The van der Waals surface area contributed by atoms with Crippen molar-refractivity contribution in [3.05, 3.63) is 30.3 Å². The second-order valence-corrected chi connectivity index (χ2v) is 6.06. The van der Waals surface area contributed by atoms with Crippen molar-refractivity contribution in [3.63, 3.8) is 0 Å². The lowest BCUT2D eigenvalue weighted by Crippen LogP contribution is -2.41. The summed E-state index contributed by atoms with van der Waals surface area (Å²) in [6.45, 7) is 1.10. The van der Waals surface area contributed by atoms with Crippen LogP contribution in [0.3, 0.4) is 0 Å². The number of hydrogen-bond donors (Lipinski definition) is 3. The van der Waals surface area contributed by atoms with Gasteiger partial charge in [0.25, 0.3) is 0 Å². The summed E-state index contributed by atoms with van der Waals surface area (Å²) < 4.78 is 0. The molecule has 0 aromatic heterocycles. The lowest BCUT2D eigenvalue weighted by molar-refractivity contribution is -0.115. The zero-order valence-corrected chi connectivity index (χ0v) is 16.7. The summed E-state index contributed by atoms with van der Waals surface area (Å²) in [6.07, 6.45) is 8.04. The van der Waals surface area contributed by atoms with Crippen molar-refractivity contribution in [3.8, 4) is 0 Å². The van der Waals surface area contributed by atoms with Crippen molar-refractivity contribution in [2.45, 2.75) is 38.5 Å². The maximum Gasteiger partial charge on any atom is 0.243 e. The maximum absolute atomic E-state index is 11.9. The Labute approximate surface area is 162 Å². The van der Waals surface area contributed by atoms with Gasteiger partial charge in [-0.3, -0.25) is 9.79 Å². The van der Waals surface area contributed by atoms with Gasteiger partial charge in [0.15, 0.2) is 5.96 Å². The topological polar surface area (TPSA) is 65.5 Å². The van der Waals surface area contributed by atoms with Crippen molar-refractivity contribution in [1.29, 1.82) is 0 Å². The SMILES string of the molecule is CN=C(NCCCC1CCCC1)NCC(=O)Nc1ccccc1.I. The van der Waals surface area contributed by atoms with Gasteiger partial charge in [0.05, 0.1) is 6.54 Å². The molecule has 0 spiro atoms. The Morgan fingerprint density at radius 3 is 2.54 bits per heavy atom. The minimum absolute atomic E-state index is 0. The van der Waals surface area contributed by atoms with Crippen molar-refractivity contribution >= 4 is 41.5 Å². The van der Waals surface area contributed by atoms with E-state index in [1.807, 2.05) is 30.3 Å². The molecule has 1 aromatic rings. The number of para-hydroxylation sites is 1. The van der Waals surface area contributed by atoms with E-state index in [0.29, 0.717) is 5.96 Å². The van der Waals surface area contributed by atoms with E-state index in [1.165, 1.54) is 32.1 Å². The van der Waals surface area contributed by atoms with Gasteiger partial charge in [0.2, 0.25) is 5.91 Å². The highest BCUT2D eigenvalue weighted by Gasteiger charge is 2.14. The van der Waals surface area contributed by atoms with Crippen LogP contribution in [0.1, 0.15) is 38.5 Å². The number of carbonyl (C=O) groups is 1. The molecule has 0 aliphatic heterocycles. The average Bonchev–Trinajstić information content (AvgIpc) is 3.08. The summed E-state index contributed by atoms with van der Waals surface area (Å²) in [4.78, 5) is 16.0. The van der Waals surface area contributed by atoms with Gasteiger partial charge in [-0.2, -0.15) is 0 Å². The highest BCUT2D eigenvalue weighted by Crippen LogP contribution is 2.28. The monoisotopic (exact) mass is 444 g/mol. The van der Waals surface area contributed by atoms with Crippen molar-refractivity contribution in [2.75, 3.05) is 25.5 Å². The number of anilines is 1. The van der Waals surface area contributed by atoms with Gasteiger partial charge in [-0.05, 0) is 30.9 Å². The number of guanidine groups is 1. The molecule has 1 aromatic carbocycles. The lowest BCUT2D eigenvalue weighted by Gasteiger charge is -2.13. The predicted octanol–water partition coefficient (Wildman–Crippen LogP) is 3.38. The molecule has 0 radical (unpaired) electrons. The summed E-state index contributed by atoms with van der Waals surface area (Å²) in [5, 5.41) is 9.16. The van der Waals surface area contributed by atoms with E-state index >= 15 is 0 Å². The highest BCUT2D eigenvalue weighted by molar-refractivity contribution is 14.0. The molecule has 6 heteroatoms. The molecule has 134 valence electrons. The molecular formula is C18H29IN4O. The molecule has 5 nitrogen and oxygen atoms in total. The number of nitrogens with one attached hydrogen (secondary N) is 3. The standard InChI is InChI=1S/C18H28N4O.HI/c1-19-18(20-13-7-10-15-8-5-6-9-15)21-14-17(23)22-16-11-3-2-4-12-16;/h2-4,11-12,15H,5-10,13-14H2,1H3,(H,22,23)(H2,19,20,21);1H. The summed E-state index contributed by atoms with van der Waals surface area (Å²) in [5.74, 6) is 1.52. The molecule has 0 saturated heterocycles. The molecule has 24 heavy (non-hydrogen) atoms. The summed E-state index contributed by atoms with van der Waals surface area (Å²) in [5.41, 5.74) is 0.804. The van der Waals surface area contributed by atoms with E-state index in [1.54, 1.807) is 7.05 Å². The number of aliphatic imine (C=N–C) groups is 1. The van der Waals surface area contributed by atoms with Crippen LogP contribution < -0.4 is 16.0 Å². The van der Waals surface area contributed by atoms with E-state index in [0.717, 1.165) is 24.6 Å². The smallest absolute Gasteiger partial charge is 0.243 e. The fraction of sp³-hybridized carbons (Fsp3) is 0.556. The fourth-order valence-corrected chi connectivity index (χ4v) is 3.01. The minimum Gasteiger partial charge on any atom is -0.356 e. The Morgan fingerprint density at radius 2 is 1.88 bits per heavy atom. The van der Waals surface area contributed by atoms with E-state index in [2.05, 4.69) is 20.9 Å². The number of benzene rings is 1. The van der Waals surface area contributed by atoms with E-state index in [9.17, 15) is 4.79 Å². The first-order valence-corrected chi connectivity index (χ1v) is 8.57. The first kappa shape index (κ1) is 20.7. The third-order valence-electron chi connectivity index (χ3n) is 4.25. The molecule has 1 aliphatic rings. The molecule has 1 amide bonds. The Bertz CT molecular complexity index is 501. The predicted molar refractivity (Wildman–Crippen MR) is 111 cm³/mol. The van der Waals surface area contributed by atoms with Crippen molar-refractivity contribution < 1.29 is 4.79 Å². The van der Waals surface area contributed by atoms with Crippen LogP contribution in [0.25, 0.3) is 0 Å². The van der Waals surface area contributed by atoms with Crippen LogP contribution in [0.2, 0.25) is 0 Å². The lowest BCUT2D eigenvalue weighted by atomic mass is 10.0. The van der Waals surface area contributed by atoms with Gasteiger partial charge in [0, 0.05) is 19.3 Å². The third-order valence-corrected chi connectivity index (χ3v) is 4.25. The fourth-order valence-electron chi connectivity index (χ4n) is 3.01. The van der Waals surface area contributed by atoms with Gasteiger partial charge < -0.3 is 16.0 Å². The Morgan fingerprint density at radius 1 is 1.17 bits per heavy atom. The van der Waals surface area contributed by atoms with E-state index in [4.69, 9.17) is 0 Å². The Kier molecular flexibility index (Phi) is 10.5. The molecule has 0 bridgehead atoms. The largest absolute Gasteiger partial charge is 0.356 e. The molecule has 0 heterocycles. The van der Waals surface area contributed by atoms with Crippen LogP contribution >= 0.6 is 24.0 Å². The summed E-state index contributed by atoms with van der Waals surface area (Å²) in [6, 6.07) is 9.45.